The first-order valence-electron chi connectivity index (χ1n) is 6.22. The first-order valence-corrected chi connectivity index (χ1v) is 6.22. The van der Waals surface area contributed by atoms with E-state index in [1.165, 1.54) is 6.92 Å². The van der Waals surface area contributed by atoms with Gasteiger partial charge in [0.2, 0.25) is 0 Å². The van der Waals surface area contributed by atoms with Crippen LogP contribution in [0.5, 0.6) is 0 Å². The van der Waals surface area contributed by atoms with E-state index in [9.17, 15) is 9.90 Å². The van der Waals surface area contributed by atoms with E-state index >= 15 is 0 Å². The van der Waals surface area contributed by atoms with E-state index in [4.69, 9.17) is 15.5 Å². The maximum atomic E-state index is 10.1. The Morgan fingerprint density at radius 1 is 1.29 bits per heavy atom. The first kappa shape index (κ1) is 18.5. The number of nitrogens with zero attached hydrogens (tertiary/aromatic N) is 1. The lowest BCUT2D eigenvalue weighted by molar-refractivity contribution is 0.0689. The van der Waals surface area contributed by atoms with Gasteiger partial charge in [-0.25, -0.2) is 4.79 Å². The number of nitrogens with one attached hydrogen (secondary N) is 1. The van der Waals surface area contributed by atoms with E-state index in [0.29, 0.717) is 5.69 Å². The largest absolute Gasteiger partial charge is 0.511 e. The Kier molecular flexibility index (Phi) is 7.58. The molecule has 1 aromatic carbocycles. The zero-order valence-electron chi connectivity index (χ0n) is 12.3. The molecule has 0 fully saturated rings. The third-order valence-corrected chi connectivity index (χ3v) is 2.23. The van der Waals surface area contributed by atoms with E-state index in [1.807, 2.05) is 6.07 Å². The molecule has 1 aromatic rings. The van der Waals surface area contributed by atoms with Crippen LogP contribution in [-0.2, 0) is 0 Å². The highest BCUT2D eigenvalue weighted by molar-refractivity contribution is 5.82. The number of para-hydroxylation sites is 1. The molecule has 0 aliphatic carbocycles. The summed E-state index contributed by atoms with van der Waals surface area (Å²) in [5.74, 6) is -0.0417. The molecule has 0 unspecified atom stereocenters. The summed E-state index contributed by atoms with van der Waals surface area (Å²) in [7, 11) is 0. The second-order valence-corrected chi connectivity index (χ2v) is 4.97. The van der Waals surface area contributed by atoms with Gasteiger partial charge in [-0.2, -0.15) is 5.26 Å². The molecule has 0 aliphatic heterocycles. The van der Waals surface area contributed by atoms with Gasteiger partial charge in [0.1, 0.15) is 5.76 Å². The average molecular weight is 292 g/mol. The van der Waals surface area contributed by atoms with Gasteiger partial charge in [0.05, 0.1) is 17.2 Å². The van der Waals surface area contributed by atoms with Gasteiger partial charge in [0, 0.05) is 12.1 Å². The number of allylic oxidation sites excluding steroid dienone is 1. The maximum Gasteiger partial charge on any atom is 0.409 e. The second-order valence-electron chi connectivity index (χ2n) is 4.97. The van der Waals surface area contributed by atoms with Gasteiger partial charge in [-0.3, -0.25) is 5.32 Å². The third-order valence-electron chi connectivity index (χ3n) is 2.23. The normalized spacial score (nSPS) is 11.4. The van der Waals surface area contributed by atoms with Crippen molar-refractivity contribution in [2.45, 2.75) is 32.8 Å². The van der Waals surface area contributed by atoms with Crippen LogP contribution in [0.4, 0.5) is 10.5 Å². The Morgan fingerprint density at radius 3 is 2.19 bits per heavy atom. The summed E-state index contributed by atoms with van der Waals surface area (Å²) in [5, 5.41) is 37.2. The molecule has 0 radical (unpaired) electrons. The minimum absolute atomic E-state index is 0.0417. The Morgan fingerprint density at radius 2 is 1.81 bits per heavy atom. The number of aliphatic hydroxyl groups is 2. The quantitative estimate of drug-likeness (QED) is 0.504. The van der Waals surface area contributed by atoms with E-state index in [1.54, 1.807) is 44.2 Å². The van der Waals surface area contributed by atoms with Gasteiger partial charge in [0.25, 0.3) is 0 Å². The molecule has 1 rings (SSSR count). The molecule has 6 heteroatoms. The van der Waals surface area contributed by atoms with Crippen LogP contribution in [0.1, 0.15) is 27.2 Å². The average Bonchev–Trinajstić information content (AvgIpc) is 2.37. The monoisotopic (exact) mass is 292 g/mol. The zero-order chi connectivity index (χ0) is 16.5. The molecular weight excluding hydrogens is 272 g/mol. The van der Waals surface area contributed by atoms with E-state index < -0.39 is 11.7 Å². The van der Waals surface area contributed by atoms with Crippen LogP contribution in [-0.4, -0.2) is 27.0 Å². The number of carboxylic acid groups (broad SMARTS) is 1. The minimum Gasteiger partial charge on any atom is -0.511 e. The van der Waals surface area contributed by atoms with Crippen molar-refractivity contribution in [2.75, 3.05) is 5.32 Å². The highest BCUT2D eigenvalue weighted by Crippen LogP contribution is 2.15. The molecule has 0 heterocycles. The standard InChI is InChI=1S/C8H13NO2.C7H7NO2/c1-6(5-9)7(10)4-8(2,3)11;9-7(10)8-6-4-2-1-3-5-6/h10-11H,4H2,1-3H3;1-5,8H,(H,9,10). The third kappa shape index (κ3) is 9.99. The molecule has 0 atom stereocenters. The van der Waals surface area contributed by atoms with Crippen molar-refractivity contribution >= 4 is 11.8 Å². The van der Waals surface area contributed by atoms with Crippen LogP contribution in [0.25, 0.3) is 0 Å². The van der Waals surface area contributed by atoms with Gasteiger partial charge >= 0.3 is 6.09 Å². The summed E-state index contributed by atoms with van der Waals surface area (Å²) in [6.07, 6.45) is -0.918. The Bertz CT molecular complexity index is 525. The number of hydrogen-bond donors (Lipinski definition) is 4. The van der Waals surface area contributed by atoms with Gasteiger partial charge in [-0.15, -0.1) is 0 Å². The number of rotatable bonds is 3. The van der Waals surface area contributed by atoms with Crippen LogP contribution < -0.4 is 5.32 Å². The highest BCUT2D eigenvalue weighted by Gasteiger charge is 2.15. The van der Waals surface area contributed by atoms with E-state index in [2.05, 4.69) is 5.32 Å². The van der Waals surface area contributed by atoms with Gasteiger partial charge < -0.3 is 15.3 Å². The number of nitriles is 1. The number of benzene rings is 1. The predicted octanol–water partition coefficient (Wildman–Crippen LogP) is 3.28. The summed E-state index contributed by atoms with van der Waals surface area (Å²) in [6, 6.07) is 10.5. The van der Waals surface area contributed by atoms with Crippen molar-refractivity contribution in [1.29, 1.82) is 5.26 Å². The zero-order valence-corrected chi connectivity index (χ0v) is 12.3. The molecular formula is C15H20N2O4. The fourth-order valence-corrected chi connectivity index (χ4v) is 1.25. The predicted molar refractivity (Wildman–Crippen MR) is 79.9 cm³/mol. The highest BCUT2D eigenvalue weighted by atomic mass is 16.4. The fourth-order valence-electron chi connectivity index (χ4n) is 1.25. The summed E-state index contributed by atoms with van der Waals surface area (Å²) in [6.45, 7) is 4.67. The van der Waals surface area contributed by atoms with Crippen LogP contribution in [0.2, 0.25) is 0 Å². The lowest BCUT2D eigenvalue weighted by atomic mass is 10.0. The fraction of sp³-hybridized carbons (Fsp3) is 0.333. The summed E-state index contributed by atoms with van der Waals surface area (Å²) in [4.78, 5) is 10.1. The van der Waals surface area contributed by atoms with Gasteiger partial charge in [-0.05, 0) is 32.9 Å². The first-order chi connectivity index (χ1) is 9.65. The number of amides is 1. The summed E-state index contributed by atoms with van der Waals surface area (Å²) >= 11 is 0. The molecule has 0 saturated carbocycles. The molecule has 0 bridgehead atoms. The van der Waals surface area contributed by atoms with Crippen molar-refractivity contribution in [3.8, 4) is 6.07 Å². The molecule has 21 heavy (non-hydrogen) atoms. The molecule has 6 nitrogen and oxygen atoms in total. The SMILES string of the molecule is CC(C#N)=C(O)CC(C)(C)O.O=C(O)Nc1ccccc1. The topological polar surface area (TPSA) is 114 Å². The van der Waals surface area contributed by atoms with Gasteiger partial charge in [0.15, 0.2) is 0 Å². The Labute approximate surface area is 124 Å². The molecule has 0 saturated heterocycles. The number of anilines is 1. The minimum atomic E-state index is -1.04. The molecule has 4 N–H and O–H groups in total. The Balaban J connectivity index is 0.000000382. The van der Waals surface area contributed by atoms with Crippen molar-refractivity contribution in [1.82, 2.24) is 0 Å². The van der Waals surface area contributed by atoms with Crippen molar-refractivity contribution in [3.63, 3.8) is 0 Å². The summed E-state index contributed by atoms with van der Waals surface area (Å²) in [5.41, 5.74) is -0.107. The second kappa shape index (κ2) is 8.61. The molecule has 0 aromatic heterocycles. The van der Waals surface area contributed by atoms with Crippen molar-refractivity contribution < 1.29 is 20.1 Å². The Hall–Kier alpha value is -2.52. The van der Waals surface area contributed by atoms with Crippen molar-refractivity contribution in [2.24, 2.45) is 0 Å². The smallest absolute Gasteiger partial charge is 0.409 e. The van der Waals surface area contributed by atoms with E-state index in [0.717, 1.165) is 0 Å². The number of hydrogen-bond acceptors (Lipinski definition) is 4. The van der Waals surface area contributed by atoms with Gasteiger partial charge in [-0.1, -0.05) is 18.2 Å². The molecule has 114 valence electrons. The number of carbonyl (C=O) groups is 1. The van der Waals surface area contributed by atoms with Crippen LogP contribution in [0.15, 0.2) is 41.7 Å². The lowest BCUT2D eigenvalue weighted by Crippen LogP contribution is -2.19. The molecule has 0 aliphatic rings. The van der Waals surface area contributed by atoms with E-state index in [-0.39, 0.29) is 17.8 Å². The van der Waals surface area contributed by atoms with Crippen LogP contribution in [0.3, 0.4) is 0 Å². The lowest BCUT2D eigenvalue weighted by Gasteiger charge is -2.16. The van der Waals surface area contributed by atoms with Crippen LogP contribution in [0, 0.1) is 11.3 Å². The summed E-state index contributed by atoms with van der Waals surface area (Å²) < 4.78 is 0. The molecule has 0 spiro atoms. The van der Waals surface area contributed by atoms with Crippen molar-refractivity contribution in [3.05, 3.63) is 41.7 Å². The maximum absolute atomic E-state index is 10.1. The molecule has 1 amide bonds. The number of aliphatic hydroxyl groups excluding tert-OH is 1. The van der Waals surface area contributed by atoms with Crippen LogP contribution >= 0.6 is 0 Å².